The minimum absolute atomic E-state index is 0.0614. The van der Waals surface area contributed by atoms with Gasteiger partial charge in [0.05, 0.1) is 5.56 Å². The van der Waals surface area contributed by atoms with Crippen molar-refractivity contribution in [3.8, 4) is 6.07 Å². The molecule has 0 amide bonds. The third kappa shape index (κ3) is 5.33. The van der Waals surface area contributed by atoms with E-state index in [-0.39, 0.29) is 17.5 Å². The molecular weight excluding hydrogens is 426 g/mol. The van der Waals surface area contributed by atoms with E-state index in [2.05, 4.69) is 40.6 Å². The van der Waals surface area contributed by atoms with Gasteiger partial charge < -0.3 is 9.84 Å². The average molecular weight is 450 g/mol. The molecule has 1 atom stereocenters. The van der Waals surface area contributed by atoms with Crippen LogP contribution in [0.5, 0.6) is 0 Å². The summed E-state index contributed by atoms with van der Waals surface area (Å²) in [7, 11) is 1.60. The van der Waals surface area contributed by atoms with Gasteiger partial charge in [0, 0.05) is 18.6 Å². The number of aryl methyl sites for hydroxylation is 1. The van der Waals surface area contributed by atoms with Crippen molar-refractivity contribution >= 4 is 23.5 Å². The highest BCUT2D eigenvalue weighted by atomic mass is 32.2. The maximum atomic E-state index is 12.3. The highest BCUT2D eigenvalue weighted by Crippen LogP contribution is 2.34. The van der Waals surface area contributed by atoms with E-state index < -0.39 is 0 Å². The summed E-state index contributed by atoms with van der Waals surface area (Å²) in [6.07, 6.45) is 4.28. The van der Waals surface area contributed by atoms with Gasteiger partial charge in [-0.25, -0.2) is 9.98 Å². The Balaban J connectivity index is 1.43. The van der Waals surface area contributed by atoms with Crippen LogP contribution >= 0.6 is 11.8 Å². The molecule has 0 aliphatic heterocycles. The number of rotatable bonds is 8. The molecule has 0 saturated carbocycles. The Labute approximate surface area is 190 Å². The van der Waals surface area contributed by atoms with Crippen molar-refractivity contribution in [2.24, 2.45) is 4.99 Å². The Kier molecular flexibility index (Phi) is 7.14. The van der Waals surface area contributed by atoms with E-state index in [0.29, 0.717) is 29.7 Å². The lowest BCUT2D eigenvalue weighted by Crippen LogP contribution is -2.36. The van der Waals surface area contributed by atoms with Crippen LogP contribution < -0.4 is 9.79 Å². The van der Waals surface area contributed by atoms with E-state index in [1.165, 1.54) is 22.0 Å². The molecule has 0 radical (unpaired) electrons. The number of pyridine rings is 1. The van der Waals surface area contributed by atoms with Crippen molar-refractivity contribution in [1.29, 1.82) is 5.26 Å². The number of benzene rings is 1. The van der Waals surface area contributed by atoms with Crippen LogP contribution in [0.15, 0.2) is 57.1 Å². The minimum atomic E-state index is -0.377. The molecule has 1 unspecified atom stereocenters. The largest absolute Gasteiger partial charge is 0.861 e. The molecule has 0 N–H and O–H groups in total. The lowest BCUT2D eigenvalue weighted by Gasteiger charge is -2.25. The number of hydrogen-bond acceptors (Lipinski definition) is 8. The van der Waals surface area contributed by atoms with Gasteiger partial charge in [-0.2, -0.15) is 5.26 Å². The molecule has 164 valence electrons. The normalized spacial score (nSPS) is 15.9. The van der Waals surface area contributed by atoms with Gasteiger partial charge in [-0.05, 0) is 53.0 Å². The Hall–Kier alpha value is -3.22. The first-order chi connectivity index (χ1) is 15.7. The number of aromatic nitrogens is 3. The number of hydrogen-bond donors (Lipinski definition) is 0. The van der Waals surface area contributed by atoms with Gasteiger partial charge in [-0.1, -0.05) is 42.1 Å². The molecule has 0 bridgehead atoms. The first kappa shape index (κ1) is 22.0. The smallest absolute Gasteiger partial charge is 0.320 e. The Morgan fingerprint density at radius 1 is 1.41 bits per heavy atom. The van der Waals surface area contributed by atoms with Crippen LogP contribution in [0.4, 0.5) is 5.88 Å². The van der Waals surface area contributed by atoms with Crippen molar-refractivity contribution < 1.29 is 19.0 Å². The Morgan fingerprint density at radius 2 is 2.25 bits per heavy atom. The maximum absolute atomic E-state index is 12.3. The summed E-state index contributed by atoms with van der Waals surface area (Å²) >= 11 is 1.22. The number of ether oxygens (including phenoxy) is 1. The molecular formula is C23H23N5O3S. The number of thioether (sulfide) groups is 1. The second-order valence-corrected chi connectivity index (χ2v) is 8.46. The zero-order chi connectivity index (χ0) is 22.3. The molecule has 4 rings (SSSR count). The summed E-state index contributed by atoms with van der Waals surface area (Å²) in [5, 5.41) is 26.3. The van der Waals surface area contributed by atoms with Gasteiger partial charge in [0.15, 0.2) is 0 Å². The van der Waals surface area contributed by atoms with Crippen molar-refractivity contribution in [3.05, 3.63) is 65.0 Å². The second-order valence-electron chi connectivity index (χ2n) is 7.50. The molecule has 1 aliphatic carbocycles. The topological polar surface area (TPSA) is 111 Å². The molecule has 1 aromatic carbocycles. The molecule has 0 spiro atoms. The van der Waals surface area contributed by atoms with Crippen molar-refractivity contribution in [3.63, 3.8) is 0 Å². The van der Waals surface area contributed by atoms with Crippen molar-refractivity contribution in [2.75, 3.05) is 19.5 Å². The summed E-state index contributed by atoms with van der Waals surface area (Å²) in [6.45, 7) is 0.988. The number of aliphatic imine (C=N–C) groups is 1. The van der Waals surface area contributed by atoms with Crippen LogP contribution in [0.1, 0.15) is 34.7 Å². The molecule has 0 saturated heterocycles. The third-order valence-electron chi connectivity index (χ3n) is 5.33. The predicted octanol–water partition coefficient (Wildman–Crippen LogP) is 2.33. The molecule has 0 fully saturated rings. The quantitative estimate of drug-likeness (QED) is 0.225. The predicted molar refractivity (Wildman–Crippen MR) is 117 cm³/mol. The fourth-order valence-corrected chi connectivity index (χ4v) is 4.50. The number of fused-ring (bicyclic) bond motifs is 1. The van der Waals surface area contributed by atoms with E-state index in [0.717, 1.165) is 30.5 Å². The average Bonchev–Trinajstić information content (AvgIpc) is 3.28. The van der Waals surface area contributed by atoms with E-state index in [9.17, 15) is 10.4 Å². The molecule has 9 heteroatoms. The van der Waals surface area contributed by atoms with Gasteiger partial charge in [0.1, 0.15) is 17.7 Å². The fourth-order valence-electron chi connectivity index (χ4n) is 3.74. The van der Waals surface area contributed by atoms with E-state index in [1.54, 1.807) is 13.3 Å². The third-order valence-corrected chi connectivity index (χ3v) is 6.31. The molecule has 8 nitrogen and oxygen atoms in total. The van der Waals surface area contributed by atoms with E-state index in [4.69, 9.17) is 14.2 Å². The van der Waals surface area contributed by atoms with Gasteiger partial charge in [0.2, 0.25) is 11.8 Å². The first-order valence-electron chi connectivity index (χ1n) is 10.4. The summed E-state index contributed by atoms with van der Waals surface area (Å²) in [5.74, 6) is 0.255. The summed E-state index contributed by atoms with van der Waals surface area (Å²) in [5.41, 5.74) is 3.94. The highest BCUT2D eigenvalue weighted by Gasteiger charge is 2.23. The SMILES string of the molecule is COCC[n+]1cc(/N=C(/[O-])CSc2nc3c(cc2C#N)CC(c2ccccc2)CC3)on1. The Bertz CT molecular complexity index is 1140. The molecule has 2 heterocycles. The number of methoxy groups -OCH3 is 1. The van der Waals surface area contributed by atoms with E-state index in [1.807, 2.05) is 12.1 Å². The molecule has 32 heavy (non-hydrogen) atoms. The van der Waals surface area contributed by atoms with Crippen molar-refractivity contribution in [2.45, 2.75) is 36.8 Å². The van der Waals surface area contributed by atoms with Crippen LogP contribution in [0.2, 0.25) is 0 Å². The van der Waals surface area contributed by atoms with Crippen LogP contribution in [0.25, 0.3) is 0 Å². The molecule has 2 aromatic heterocycles. The second kappa shape index (κ2) is 10.4. The standard InChI is InChI=1S/C23H23N5O3S/c1-30-10-9-28-14-22(31-27-28)26-21(29)15-32-23-19(13-24)12-18-11-17(7-8-20(18)25-23)16-5-3-2-4-6-16/h2-6,12,14,17H,7-11,15H2,1H3. The van der Waals surface area contributed by atoms with Crippen LogP contribution in [-0.2, 0) is 24.1 Å². The first-order valence-corrected chi connectivity index (χ1v) is 11.4. The van der Waals surface area contributed by atoms with E-state index >= 15 is 0 Å². The molecule has 3 aromatic rings. The van der Waals surface area contributed by atoms with Crippen LogP contribution in [0.3, 0.4) is 0 Å². The summed E-state index contributed by atoms with van der Waals surface area (Å²) in [4.78, 5) is 8.65. The zero-order valence-corrected chi connectivity index (χ0v) is 18.5. The minimum Gasteiger partial charge on any atom is -0.861 e. The fraction of sp³-hybridized carbons (Fsp3) is 0.348. The lowest BCUT2D eigenvalue weighted by molar-refractivity contribution is -0.763. The summed E-state index contributed by atoms with van der Waals surface area (Å²) < 4.78 is 11.5. The van der Waals surface area contributed by atoms with Gasteiger partial charge in [-0.15, -0.1) is 0 Å². The molecule has 1 aliphatic rings. The zero-order valence-electron chi connectivity index (χ0n) is 17.7. The monoisotopic (exact) mass is 449 g/mol. The summed E-state index contributed by atoms with van der Waals surface area (Å²) in [6, 6.07) is 14.6. The van der Waals surface area contributed by atoms with Gasteiger partial charge in [-0.3, -0.25) is 4.52 Å². The van der Waals surface area contributed by atoms with Crippen molar-refractivity contribution in [1.82, 2.24) is 10.3 Å². The van der Waals surface area contributed by atoms with Crippen LogP contribution in [0, 0.1) is 11.3 Å². The maximum Gasteiger partial charge on any atom is 0.320 e. The van der Waals surface area contributed by atoms with Crippen LogP contribution in [-0.4, -0.2) is 35.6 Å². The number of nitrogens with zero attached hydrogens (tertiary/aromatic N) is 5. The highest BCUT2D eigenvalue weighted by molar-refractivity contribution is 7.99. The van der Waals surface area contributed by atoms with Gasteiger partial charge in [0.25, 0.3) is 6.20 Å². The Morgan fingerprint density at radius 3 is 3.03 bits per heavy atom. The number of nitriles is 1. The lowest BCUT2D eigenvalue weighted by atomic mass is 9.82. The van der Waals surface area contributed by atoms with Gasteiger partial charge >= 0.3 is 5.88 Å².